The first-order chi connectivity index (χ1) is 13.7. The number of anilines is 2. The summed E-state index contributed by atoms with van der Waals surface area (Å²) in [7, 11) is -3.71. The molecule has 7 nitrogen and oxygen atoms in total. The third-order valence-electron chi connectivity index (χ3n) is 4.28. The number of nitrogens with zero attached hydrogens (tertiary/aromatic N) is 2. The fourth-order valence-electron chi connectivity index (χ4n) is 2.79. The summed E-state index contributed by atoms with van der Waals surface area (Å²) >= 11 is 5.86. The molecule has 0 saturated carbocycles. The van der Waals surface area contributed by atoms with Crippen LogP contribution in [0.5, 0.6) is 0 Å². The van der Waals surface area contributed by atoms with E-state index in [1.54, 1.807) is 41.3 Å². The first-order valence-corrected chi connectivity index (χ1v) is 11.3. The molecule has 29 heavy (non-hydrogen) atoms. The minimum atomic E-state index is -3.71. The van der Waals surface area contributed by atoms with Gasteiger partial charge in [0.25, 0.3) is 5.91 Å². The van der Waals surface area contributed by atoms with Crippen LogP contribution in [0.25, 0.3) is 0 Å². The van der Waals surface area contributed by atoms with Crippen LogP contribution in [-0.2, 0) is 14.8 Å². The molecule has 0 unspecified atom stereocenters. The van der Waals surface area contributed by atoms with Gasteiger partial charge in [0, 0.05) is 18.1 Å². The van der Waals surface area contributed by atoms with Crippen molar-refractivity contribution in [2.75, 3.05) is 35.5 Å². The maximum atomic E-state index is 12.7. The molecule has 0 atom stereocenters. The first-order valence-electron chi connectivity index (χ1n) is 9.08. The van der Waals surface area contributed by atoms with Gasteiger partial charge in [-0.3, -0.25) is 13.9 Å². The quantitative estimate of drug-likeness (QED) is 0.686. The molecule has 0 saturated heterocycles. The Kier molecular flexibility index (Phi) is 7.64. The smallest absolute Gasteiger partial charge is 0.255 e. The molecule has 0 spiro atoms. The zero-order chi connectivity index (χ0) is 21.6. The van der Waals surface area contributed by atoms with Crippen LogP contribution in [0.1, 0.15) is 24.2 Å². The van der Waals surface area contributed by atoms with Crippen LogP contribution >= 0.6 is 11.6 Å². The number of benzene rings is 2. The average Bonchev–Trinajstić information content (AvgIpc) is 2.67. The zero-order valence-corrected chi connectivity index (χ0v) is 18.1. The van der Waals surface area contributed by atoms with E-state index < -0.39 is 22.5 Å². The maximum Gasteiger partial charge on any atom is 0.255 e. The topological polar surface area (TPSA) is 86.8 Å². The molecule has 2 rings (SSSR count). The summed E-state index contributed by atoms with van der Waals surface area (Å²) in [5, 5.41) is 3.11. The van der Waals surface area contributed by atoms with E-state index in [4.69, 9.17) is 11.6 Å². The van der Waals surface area contributed by atoms with Crippen molar-refractivity contribution in [3.05, 3.63) is 59.1 Å². The van der Waals surface area contributed by atoms with Gasteiger partial charge in [0.15, 0.2) is 0 Å². The van der Waals surface area contributed by atoms with Crippen molar-refractivity contribution in [3.8, 4) is 0 Å². The van der Waals surface area contributed by atoms with Crippen molar-refractivity contribution in [3.63, 3.8) is 0 Å². The maximum absolute atomic E-state index is 12.7. The fourth-order valence-corrected chi connectivity index (χ4v) is 3.77. The Morgan fingerprint density at radius 2 is 1.59 bits per heavy atom. The number of hydrogen-bond donors (Lipinski definition) is 1. The summed E-state index contributed by atoms with van der Waals surface area (Å²) < 4.78 is 25.4. The molecule has 1 N–H and O–H groups in total. The lowest BCUT2D eigenvalue weighted by atomic mass is 10.1. The lowest BCUT2D eigenvalue weighted by Crippen LogP contribution is -2.38. The van der Waals surface area contributed by atoms with Crippen LogP contribution in [0.3, 0.4) is 0 Å². The second-order valence-electron chi connectivity index (χ2n) is 6.32. The highest BCUT2D eigenvalue weighted by Gasteiger charge is 2.22. The molecule has 0 aliphatic heterocycles. The van der Waals surface area contributed by atoms with E-state index in [-0.39, 0.29) is 5.91 Å². The fraction of sp³-hybridized carbons (Fsp3) is 0.300. The van der Waals surface area contributed by atoms with Crippen LogP contribution in [0.2, 0.25) is 5.02 Å². The van der Waals surface area contributed by atoms with Gasteiger partial charge in [-0.2, -0.15) is 0 Å². The van der Waals surface area contributed by atoms with E-state index in [0.29, 0.717) is 35.1 Å². The van der Waals surface area contributed by atoms with Crippen LogP contribution in [0.4, 0.5) is 11.4 Å². The summed E-state index contributed by atoms with van der Waals surface area (Å²) in [5.74, 6) is -0.770. The van der Waals surface area contributed by atoms with E-state index in [1.807, 2.05) is 13.8 Å². The Bertz CT molecular complexity index is 973. The third kappa shape index (κ3) is 5.95. The van der Waals surface area contributed by atoms with Gasteiger partial charge in [-0.15, -0.1) is 0 Å². The predicted octanol–water partition coefficient (Wildman–Crippen LogP) is 3.23. The van der Waals surface area contributed by atoms with Crippen molar-refractivity contribution in [2.24, 2.45) is 0 Å². The van der Waals surface area contributed by atoms with Crippen molar-refractivity contribution in [1.82, 2.24) is 4.90 Å². The Balaban J connectivity index is 2.25. The standard InChI is InChI=1S/C20H24ClN3O4S/c1-4-23(5-2)20(26)17-8-6-7-9-18(17)22-19(25)14-24(29(3,27)28)16-12-10-15(21)11-13-16/h6-13H,4-5,14H2,1-3H3,(H,22,25). The summed E-state index contributed by atoms with van der Waals surface area (Å²) in [5.41, 5.74) is 1.00. The van der Waals surface area contributed by atoms with Crippen molar-refractivity contribution in [1.29, 1.82) is 0 Å². The summed E-state index contributed by atoms with van der Waals surface area (Å²) in [4.78, 5) is 27.0. The second kappa shape index (κ2) is 9.76. The van der Waals surface area contributed by atoms with E-state index in [2.05, 4.69) is 5.32 Å². The normalized spacial score (nSPS) is 11.0. The number of sulfonamides is 1. The van der Waals surface area contributed by atoms with Crippen molar-refractivity contribution < 1.29 is 18.0 Å². The number of amides is 2. The minimum absolute atomic E-state index is 0.205. The van der Waals surface area contributed by atoms with Gasteiger partial charge in [0.05, 0.1) is 23.2 Å². The number of hydrogen-bond acceptors (Lipinski definition) is 4. The highest BCUT2D eigenvalue weighted by molar-refractivity contribution is 7.92. The van der Waals surface area contributed by atoms with Crippen molar-refractivity contribution >= 4 is 44.8 Å². The Hall–Kier alpha value is -2.58. The molecule has 0 heterocycles. The van der Waals surface area contributed by atoms with Gasteiger partial charge in [-0.05, 0) is 50.2 Å². The molecular weight excluding hydrogens is 414 g/mol. The van der Waals surface area contributed by atoms with Gasteiger partial charge >= 0.3 is 0 Å². The van der Waals surface area contributed by atoms with Gasteiger partial charge in [0.1, 0.15) is 6.54 Å². The summed E-state index contributed by atoms with van der Waals surface area (Å²) in [6, 6.07) is 12.8. The molecule has 2 amide bonds. The lowest BCUT2D eigenvalue weighted by molar-refractivity contribution is -0.114. The van der Waals surface area contributed by atoms with Crippen LogP contribution < -0.4 is 9.62 Å². The molecule has 2 aromatic rings. The molecule has 156 valence electrons. The number of carbonyl (C=O) groups excluding carboxylic acids is 2. The number of carbonyl (C=O) groups is 2. The molecule has 0 aromatic heterocycles. The molecule has 2 aromatic carbocycles. The van der Waals surface area contributed by atoms with Crippen LogP contribution in [0, 0.1) is 0 Å². The number of para-hydroxylation sites is 1. The molecule has 9 heteroatoms. The second-order valence-corrected chi connectivity index (χ2v) is 8.66. The molecule has 0 aliphatic rings. The van der Waals surface area contributed by atoms with E-state index in [0.717, 1.165) is 10.6 Å². The van der Waals surface area contributed by atoms with Crippen molar-refractivity contribution in [2.45, 2.75) is 13.8 Å². The number of rotatable bonds is 8. The highest BCUT2D eigenvalue weighted by Crippen LogP contribution is 2.21. The lowest BCUT2D eigenvalue weighted by Gasteiger charge is -2.23. The largest absolute Gasteiger partial charge is 0.339 e. The van der Waals surface area contributed by atoms with Gasteiger partial charge in [0.2, 0.25) is 15.9 Å². The molecule has 0 fully saturated rings. The minimum Gasteiger partial charge on any atom is -0.339 e. The Labute approximate surface area is 176 Å². The molecule has 0 aliphatic carbocycles. The zero-order valence-electron chi connectivity index (χ0n) is 16.6. The monoisotopic (exact) mass is 437 g/mol. The number of halogens is 1. The SMILES string of the molecule is CCN(CC)C(=O)c1ccccc1NC(=O)CN(c1ccc(Cl)cc1)S(C)(=O)=O. The Morgan fingerprint density at radius 1 is 1.00 bits per heavy atom. The molecule has 0 bridgehead atoms. The van der Waals surface area contributed by atoms with E-state index >= 15 is 0 Å². The van der Waals surface area contributed by atoms with Crippen LogP contribution in [-0.4, -0.2) is 51.0 Å². The number of nitrogens with one attached hydrogen (secondary N) is 1. The molecular formula is C20H24ClN3O4S. The highest BCUT2D eigenvalue weighted by atomic mass is 35.5. The first kappa shape index (κ1) is 22.7. The summed E-state index contributed by atoms with van der Waals surface area (Å²) in [6.45, 7) is 4.39. The third-order valence-corrected chi connectivity index (χ3v) is 5.68. The van der Waals surface area contributed by atoms with Gasteiger partial charge < -0.3 is 10.2 Å². The Morgan fingerprint density at radius 3 is 2.14 bits per heavy atom. The van der Waals surface area contributed by atoms with E-state index in [1.165, 1.54) is 12.1 Å². The predicted molar refractivity (Wildman–Crippen MR) is 116 cm³/mol. The van der Waals surface area contributed by atoms with Crippen LogP contribution in [0.15, 0.2) is 48.5 Å². The average molecular weight is 438 g/mol. The van der Waals surface area contributed by atoms with E-state index in [9.17, 15) is 18.0 Å². The van der Waals surface area contributed by atoms with Gasteiger partial charge in [-0.1, -0.05) is 23.7 Å². The van der Waals surface area contributed by atoms with Gasteiger partial charge in [-0.25, -0.2) is 8.42 Å². The summed E-state index contributed by atoms with van der Waals surface area (Å²) in [6.07, 6.45) is 1.02. The molecule has 0 radical (unpaired) electrons.